The number of aryl methyl sites for hydroxylation is 2. The lowest BCUT2D eigenvalue weighted by molar-refractivity contribution is 0.0518. The average molecular weight is 512 g/mol. The van der Waals surface area contributed by atoms with Crippen LogP contribution < -0.4 is 4.74 Å². The molecule has 7 nitrogen and oxygen atoms in total. The summed E-state index contributed by atoms with van der Waals surface area (Å²) >= 11 is 0. The van der Waals surface area contributed by atoms with Crippen LogP contribution in [0.3, 0.4) is 0 Å². The first-order chi connectivity index (χ1) is 18.4. The minimum absolute atomic E-state index is 0.0106. The first-order valence-electron chi connectivity index (χ1n) is 13.0. The molecule has 0 saturated carbocycles. The summed E-state index contributed by atoms with van der Waals surface area (Å²) in [6.07, 6.45) is 0.707. The standard InChI is InChI=1S/C31H33N3O4/c1-5-37-31(36)30-26(19(3)15-16-38-25-12-8-10-21-9-6-7-11-22(21)25)23-14-13-18(2)27(29(23)32-30)28-20(4)33-34-24(28)17-35/h6-14,19,32,35H,5,15-17H2,1-4H3,(H,33,34). The molecule has 3 aromatic carbocycles. The molecule has 1 atom stereocenters. The van der Waals surface area contributed by atoms with Crippen molar-refractivity contribution in [1.82, 2.24) is 15.2 Å². The Hall–Kier alpha value is -4.10. The molecule has 2 heterocycles. The minimum Gasteiger partial charge on any atom is -0.493 e. The van der Waals surface area contributed by atoms with Crippen molar-refractivity contribution in [2.45, 2.75) is 46.6 Å². The van der Waals surface area contributed by atoms with Gasteiger partial charge in [0.15, 0.2) is 0 Å². The number of hydrogen-bond acceptors (Lipinski definition) is 5. The highest BCUT2D eigenvalue weighted by Crippen LogP contribution is 2.40. The van der Waals surface area contributed by atoms with Crippen LogP contribution in [0, 0.1) is 13.8 Å². The van der Waals surface area contributed by atoms with Gasteiger partial charge in [0.2, 0.25) is 0 Å². The van der Waals surface area contributed by atoms with Gasteiger partial charge in [-0.05, 0) is 55.7 Å². The predicted molar refractivity (Wildman–Crippen MR) is 150 cm³/mol. The van der Waals surface area contributed by atoms with Gasteiger partial charge in [0.05, 0.1) is 31.0 Å². The van der Waals surface area contributed by atoms with Crippen LogP contribution in [0.25, 0.3) is 32.8 Å². The number of carbonyl (C=O) groups is 1. The number of aliphatic hydroxyl groups excluding tert-OH is 1. The van der Waals surface area contributed by atoms with Gasteiger partial charge in [-0.25, -0.2) is 4.79 Å². The molecule has 0 aliphatic carbocycles. The molecular weight excluding hydrogens is 478 g/mol. The molecular formula is C31H33N3O4. The number of nitrogens with zero attached hydrogens (tertiary/aromatic N) is 1. The van der Waals surface area contributed by atoms with Crippen molar-refractivity contribution in [3.63, 3.8) is 0 Å². The molecule has 0 radical (unpaired) electrons. The van der Waals surface area contributed by atoms with Gasteiger partial charge in [-0.3, -0.25) is 5.10 Å². The van der Waals surface area contributed by atoms with E-state index >= 15 is 0 Å². The van der Waals surface area contributed by atoms with Gasteiger partial charge in [0.1, 0.15) is 11.4 Å². The number of benzene rings is 3. The molecule has 0 bridgehead atoms. The van der Waals surface area contributed by atoms with Crippen LogP contribution in [0.5, 0.6) is 5.75 Å². The van der Waals surface area contributed by atoms with Crippen LogP contribution in [-0.4, -0.2) is 39.5 Å². The van der Waals surface area contributed by atoms with Gasteiger partial charge in [-0.2, -0.15) is 5.10 Å². The summed E-state index contributed by atoms with van der Waals surface area (Å²) in [5, 5.41) is 20.4. The zero-order chi connectivity index (χ0) is 26.8. The second-order valence-corrected chi connectivity index (χ2v) is 9.66. The number of fused-ring (bicyclic) bond motifs is 2. The number of nitrogens with one attached hydrogen (secondary N) is 2. The second-order valence-electron chi connectivity index (χ2n) is 9.66. The maximum atomic E-state index is 13.1. The van der Waals surface area contributed by atoms with Gasteiger partial charge in [-0.15, -0.1) is 0 Å². The molecule has 0 saturated heterocycles. The maximum Gasteiger partial charge on any atom is 0.355 e. The highest BCUT2D eigenvalue weighted by atomic mass is 16.5. The summed E-state index contributed by atoms with van der Waals surface area (Å²) < 4.78 is 11.7. The van der Waals surface area contributed by atoms with Crippen molar-refractivity contribution in [2.75, 3.05) is 13.2 Å². The van der Waals surface area contributed by atoms with Crippen LogP contribution >= 0.6 is 0 Å². The SMILES string of the molecule is CCOC(=O)c1[nH]c2c(-c3c(CO)n[nH]c3C)c(C)ccc2c1C(C)CCOc1cccc2ccccc12. The number of esters is 1. The summed E-state index contributed by atoms with van der Waals surface area (Å²) in [5.41, 5.74) is 6.43. The third kappa shape index (κ3) is 4.54. The number of H-pyrrole nitrogens is 2. The minimum atomic E-state index is -0.379. The summed E-state index contributed by atoms with van der Waals surface area (Å²) in [6.45, 7) is 8.47. The van der Waals surface area contributed by atoms with Gasteiger partial charge in [0, 0.05) is 27.6 Å². The molecule has 5 rings (SSSR count). The number of rotatable bonds is 9. The second kappa shape index (κ2) is 10.7. The third-order valence-corrected chi connectivity index (χ3v) is 7.18. The van der Waals surface area contributed by atoms with E-state index in [-0.39, 0.29) is 25.1 Å². The van der Waals surface area contributed by atoms with E-state index in [1.54, 1.807) is 6.92 Å². The first kappa shape index (κ1) is 25.5. The fourth-order valence-electron chi connectivity index (χ4n) is 5.32. The van der Waals surface area contributed by atoms with Crippen LogP contribution in [-0.2, 0) is 11.3 Å². The van der Waals surface area contributed by atoms with E-state index in [0.717, 1.165) is 55.4 Å². The van der Waals surface area contributed by atoms with Crippen molar-refractivity contribution in [3.8, 4) is 16.9 Å². The largest absolute Gasteiger partial charge is 0.493 e. The van der Waals surface area contributed by atoms with E-state index in [1.165, 1.54) is 0 Å². The zero-order valence-corrected chi connectivity index (χ0v) is 22.2. The molecule has 196 valence electrons. The number of carbonyl (C=O) groups excluding carboxylic acids is 1. The Bertz CT molecular complexity index is 1610. The zero-order valence-electron chi connectivity index (χ0n) is 22.2. The lowest BCUT2D eigenvalue weighted by atomic mass is 9.91. The van der Waals surface area contributed by atoms with Crippen molar-refractivity contribution in [2.24, 2.45) is 0 Å². The van der Waals surface area contributed by atoms with Crippen LogP contribution in [0.1, 0.15) is 59.2 Å². The molecule has 0 aliphatic rings. The van der Waals surface area contributed by atoms with E-state index in [1.807, 2.05) is 38.1 Å². The van der Waals surface area contributed by atoms with E-state index in [9.17, 15) is 9.90 Å². The fraction of sp³-hybridized carbons (Fsp3) is 0.290. The van der Waals surface area contributed by atoms with Gasteiger partial charge < -0.3 is 19.6 Å². The van der Waals surface area contributed by atoms with E-state index in [0.29, 0.717) is 24.4 Å². The van der Waals surface area contributed by atoms with Gasteiger partial charge in [0.25, 0.3) is 0 Å². The smallest absolute Gasteiger partial charge is 0.355 e. The Balaban J connectivity index is 1.53. The highest BCUT2D eigenvalue weighted by molar-refractivity contribution is 6.05. The molecule has 0 fully saturated rings. The monoisotopic (exact) mass is 511 g/mol. The Morgan fingerprint density at radius 3 is 2.61 bits per heavy atom. The van der Waals surface area contributed by atoms with Gasteiger partial charge in [-0.1, -0.05) is 55.5 Å². The summed E-state index contributed by atoms with van der Waals surface area (Å²) in [4.78, 5) is 16.5. The number of hydrogen-bond donors (Lipinski definition) is 3. The van der Waals surface area contributed by atoms with Crippen molar-refractivity contribution in [1.29, 1.82) is 0 Å². The highest BCUT2D eigenvalue weighted by Gasteiger charge is 2.27. The quantitative estimate of drug-likeness (QED) is 0.194. The summed E-state index contributed by atoms with van der Waals surface area (Å²) in [7, 11) is 0. The van der Waals surface area contributed by atoms with Gasteiger partial charge >= 0.3 is 5.97 Å². The molecule has 7 heteroatoms. The number of ether oxygens (including phenoxy) is 2. The lowest BCUT2D eigenvalue weighted by Gasteiger charge is -2.15. The van der Waals surface area contributed by atoms with Crippen LogP contribution in [0.15, 0.2) is 54.6 Å². The molecule has 38 heavy (non-hydrogen) atoms. The van der Waals surface area contributed by atoms with E-state index in [2.05, 4.69) is 52.4 Å². The number of aromatic amines is 2. The summed E-state index contributed by atoms with van der Waals surface area (Å²) in [6, 6.07) is 18.3. The normalized spacial score (nSPS) is 12.2. The maximum absolute atomic E-state index is 13.1. The molecule has 3 N–H and O–H groups in total. The van der Waals surface area contributed by atoms with Crippen molar-refractivity contribution < 1.29 is 19.4 Å². The topological polar surface area (TPSA) is 100 Å². The molecule has 0 amide bonds. The molecule has 0 spiro atoms. The third-order valence-electron chi connectivity index (χ3n) is 7.18. The summed E-state index contributed by atoms with van der Waals surface area (Å²) in [5.74, 6) is 0.483. The van der Waals surface area contributed by atoms with Crippen LogP contribution in [0.2, 0.25) is 0 Å². The number of aliphatic hydroxyl groups is 1. The molecule has 0 aliphatic heterocycles. The fourth-order valence-corrected chi connectivity index (χ4v) is 5.32. The van der Waals surface area contributed by atoms with E-state index < -0.39 is 0 Å². The van der Waals surface area contributed by atoms with E-state index in [4.69, 9.17) is 9.47 Å². The predicted octanol–water partition coefficient (Wildman–Crippen LogP) is 6.57. The number of aromatic nitrogens is 3. The molecule has 2 aromatic heterocycles. The lowest BCUT2D eigenvalue weighted by Crippen LogP contribution is -2.11. The molecule has 5 aromatic rings. The first-order valence-corrected chi connectivity index (χ1v) is 13.0. The Morgan fingerprint density at radius 2 is 1.82 bits per heavy atom. The Labute approximate surface area is 221 Å². The Morgan fingerprint density at radius 1 is 1.03 bits per heavy atom. The Kier molecular flexibility index (Phi) is 7.20. The van der Waals surface area contributed by atoms with Crippen molar-refractivity contribution >= 4 is 27.6 Å². The van der Waals surface area contributed by atoms with Crippen molar-refractivity contribution in [3.05, 3.63) is 82.8 Å². The molecule has 1 unspecified atom stereocenters. The van der Waals surface area contributed by atoms with Crippen LogP contribution in [0.4, 0.5) is 0 Å². The average Bonchev–Trinajstić information content (AvgIpc) is 3.49.